The summed E-state index contributed by atoms with van der Waals surface area (Å²) in [5.74, 6) is 1.88. The Kier molecular flexibility index (Phi) is 6.16. The Morgan fingerprint density at radius 3 is 2.43 bits per heavy atom. The van der Waals surface area contributed by atoms with Gasteiger partial charge in [-0.2, -0.15) is 5.10 Å². The Morgan fingerprint density at radius 2 is 1.79 bits per heavy atom. The van der Waals surface area contributed by atoms with Crippen molar-refractivity contribution in [2.45, 2.75) is 6.92 Å². The van der Waals surface area contributed by atoms with Crippen LogP contribution in [0.5, 0.6) is 11.5 Å². The molecule has 1 aromatic heterocycles. The van der Waals surface area contributed by atoms with Gasteiger partial charge in [0, 0.05) is 21.7 Å². The molecule has 2 aromatic carbocycles. The third-order valence-corrected chi connectivity index (χ3v) is 4.64. The van der Waals surface area contributed by atoms with E-state index in [9.17, 15) is 4.79 Å². The van der Waals surface area contributed by atoms with Crippen LogP contribution >= 0.6 is 15.9 Å². The van der Waals surface area contributed by atoms with E-state index in [0.717, 1.165) is 15.6 Å². The van der Waals surface area contributed by atoms with Gasteiger partial charge in [0.1, 0.15) is 23.0 Å². The minimum Gasteiger partial charge on any atom is -0.497 e. The molecule has 0 fully saturated rings. The number of rotatable bonds is 6. The fraction of sp³-hybridized carbons (Fsp3) is 0.143. The number of halogens is 1. The standard InChI is InChI=1S/C21H19BrN2O4/c1-13-4-6-18(19(22)8-13)20-7-5-15(28-20)12-23-24-21(25)14-9-16(26-2)11-17(10-14)27-3/h4-12H,1-3H3,(H,24,25). The Hall–Kier alpha value is -3.06. The van der Waals surface area contributed by atoms with Gasteiger partial charge in [-0.05, 0) is 48.9 Å². The highest BCUT2D eigenvalue weighted by atomic mass is 79.9. The molecule has 0 radical (unpaired) electrons. The molecular formula is C21H19BrN2O4. The highest BCUT2D eigenvalue weighted by molar-refractivity contribution is 9.10. The average molecular weight is 443 g/mol. The van der Waals surface area contributed by atoms with Crippen LogP contribution in [-0.2, 0) is 0 Å². The monoisotopic (exact) mass is 442 g/mol. The number of methoxy groups -OCH3 is 2. The largest absolute Gasteiger partial charge is 0.497 e. The molecule has 1 heterocycles. The van der Waals surface area contributed by atoms with Gasteiger partial charge in [-0.25, -0.2) is 5.43 Å². The number of ether oxygens (including phenoxy) is 2. The number of hydrogen-bond acceptors (Lipinski definition) is 5. The number of furan rings is 1. The van der Waals surface area contributed by atoms with Crippen molar-refractivity contribution in [1.82, 2.24) is 5.43 Å². The summed E-state index contributed by atoms with van der Waals surface area (Å²) >= 11 is 3.54. The van der Waals surface area contributed by atoms with Gasteiger partial charge in [0.05, 0.1) is 20.4 Å². The van der Waals surface area contributed by atoms with Crippen molar-refractivity contribution in [3.63, 3.8) is 0 Å². The maximum atomic E-state index is 12.3. The van der Waals surface area contributed by atoms with E-state index in [1.165, 1.54) is 20.4 Å². The summed E-state index contributed by atoms with van der Waals surface area (Å²) in [6.07, 6.45) is 1.45. The maximum absolute atomic E-state index is 12.3. The molecule has 0 saturated heterocycles. The van der Waals surface area contributed by atoms with Crippen molar-refractivity contribution in [2.24, 2.45) is 5.10 Å². The van der Waals surface area contributed by atoms with Gasteiger partial charge >= 0.3 is 0 Å². The second-order valence-electron chi connectivity index (χ2n) is 5.99. The Labute approximate surface area is 171 Å². The SMILES string of the molecule is COc1cc(OC)cc(C(=O)NN=Cc2ccc(-c3ccc(C)cc3Br)o2)c1. The van der Waals surface area contributed by atoms with Crippen molar-refractivity contribution in [1.29, 1.82) is 0 Å². The number of carbonyl (C=O) groups excluding carboxylic acids is 1. The van der Waals surface area contributed by atoms with Crippen LogP contribution in [-0.4, -0.2) is 26.3 Å². The third-order valence-electron chi connectivity index (χ3n) is 3.99. The lowest BCUT2D eigenvalue weighted by atomic mass is 10.1. The molecule has 3 rings (SSSR count). The Bertz CT molecular complexity index is 1000. The maximum Gasteiger partial charge on any atom is 0.271 e. The highest BCUT2D eigenvalue weighted by Gasteiger charge is 2.10. The van der Waals surface area contributed by atoms with Gasteiger partial charge in [0.2, 0.25) is 0 Å². The summed E-state index contributed by atoms with van der Waals surface area (Å²) in [5.41, 5.74) is 4.94. The quantitative estimate of drug-likeness (QED) is 0.439. The van der Waals surface area contributed by atoms with Crippen LogP contribution in [0.25, 0.3) is 11.3 Å². The minimum atomic E-state index is -0.387. The van der Waals surface area contributed by atoms with Gasteiger partial charge in [-0.1, -0.05) is 22.0 Å². The first-order valence-electron chi connectivity index (χ1n) is 8.43. The smallest absolute Gasteiger partial charge is 0.271 e. The molecule has 1 amide bonds. The summed E-state index contributed by atoms with van der Waals surface area (Å²) in [7, 11) is 3.05. The van der Waals surface area contributed by atoms with Crippen LogP contribution in [0.1, 0.15) is 21.7 Å². The number of hydrazone groups is 1. The zero-order valence-corrected chi connectivity index (χ0v) is 17.2. The number of aryl methyl sites for hydroxylation is 1. The first-order chi connectivity index (χ1) is 13.5. The van der Waals surface area contributed by atoms with Crippen molar-refractivity contribution in [2.75, 3.05) is 14.2 Å². The summed E-state index contributed by atoms with van der Waals surface area (Å²) in [6.45, 7) is 2.02. The number of carbonyl (C=O) groups is 1. The third kappa shape index (κ3) is 4.61. The van der Waals surface area contributed by atoms with Crippen molar-refractivity contribution in [3.8, 4) is 22.8 Å². The molecule has 28 heavy (non-hydrogen) atoms. The fourth-order valence-electron chi connectivity index (χ4n) is 2.54. The second kappa shape index (κ2) is 8.75. The lowest BCUT2D eigenvalue weighted by Gasteiger charge is -2.07. The molecule has 0 bridgehead atoms. The zero-order valence-electron chi connectivity index (χ0n) is 15.7. The lowest BCUT2D eigenvalue weighted by molar-refractivity contribution is 0.0954. The molecule has 0 aliphatic rings. The van der Waals surface area contributed by atoms with Gasteiger partial charge in [0.15, 0.2) is 0 Å². The second-order valence-corrected chi connectivity index (χ2v) is 6.84. The first-order valence-corrected chi connectivity index (χ1v) is 9.22. The lowest BCUT2D eigenvalue weighted by Crippen LogP contribution is -2.17. The van der Waals surface area contributed by atoms with Crippen LogP contribution in [0.4, 0.5) is 0 Å². The number of hydrogen-bond donors (Lipinski definition) is 1. The summed E-state index contributed by atoms with van der Waals surface area (Å²) < 4.78 is 17.1. The van der Waals surface area contributed by atoms with E-state index in [1.807, 2.05) is 31.2 Å². The minimum absolute atomic E-state index is 0.372. The van der Waals surface area contributed by atoms with Gasteiger partial charge < -0.3 is 13.9 Å². The summed E-state index contributed by atoms with van der Waals surface area (Å²) in [6, 6.07) is 14.6. The predicted octanol–water partition coefficient (Wildman–Crippen LogP) is 4.80. The number of benzene rings is 2. The molecule has 144 valence electrons. The van der Waals surface area contributed by atoms with Crippen molar-refractivity contribution < 1.29 is 18.7 Å². The molecular weight excluding hydrogens is 424 g/mol. The number of nitrogens with one attached hydrogen (secondary N) is 1. The Morgan fingerprint density at radius 1 is 1.07 bits per heavy atom. The molecule has 3 aromatic rings. The molecule has 7 heteroatoms. The molecule has 0 unspecified atom stereocenters. The molecule has 0 saturated carbocycles. The van der Waals surface area contributed by atoms with Gasteiger partial charge in [-0.15, -0.1) is 0 Å². The van der Waals surface area contributed by atoms with E-state index in [2.05, 4.69) is 26.5 Å². The molecule has 0 aliphatic carbocycles. The van der Waals surface area contributed by atoms with Crippen LogP contribution in [0.3, 0.4) is 0 Å². The number of nitrogens with zero attached hydrogens (tertiary/aromatic N) is 1. The van der Waals surface area contributed by atoms with Gasteiger partial charge in [-0.3, -0.25) is 4.79 Å². The van der Waals surface area contributed by atoms with E-state index < -0.39 is 0 Å². The average Bonchev–Trinajstić information content (AvgIpc) is 3.15. The molecule has 1 N–H and O–H groups in total. The molecule has 0 spiro atoms. The number of amides is 1. The molecule has 0 aliphatic heterocycles. The summed E-state index contributed by atoms with van der Waals surface area (Å²) in [5, 5.41) is 3.96. The van der Waals surface area contributed by atoms with E-state index in [4.69, 9.17) is 13.9 Å². The van der Waals surface area contributed by atoms with Crippen LogP contribution in [0.15, 0.2) is 62.5 Å². The van der Waals surface area contributed by atoms with Crippen LogP contribution in [0.2, 0.25) is 0 Å². The van der Waals surface area contributed by atoms with Gasteiger partial charge in [0.25, 0.3) is 5.91 Å². The normalized spacial score (nSPS) is 10.9. The Balaban J connectivity index is 1.70. The van der Waals surface area contributed by atoms with E-state index in [1.54, 1.807) is 24.3 Å². The topological polar surface area (TPSA) is 73.1 Å². The highest BCUT2D eigenvalue weighted by Crippen LogP contribution is 2.30. The van der Waals surface area contributed by atoms with Crippen molar-refractivity contribution in [3.05, 3.63) is 69.9 Å². The fourth-order valence-corrected chi connectivity index (χ4v) is 3.23. The first kappa shape index (κ1) is 19.7. The van der Waals surface area contributed by atoms with E-state index in [-0.39, 0.29) is 5.91 Å². The van der Waals surface area contributed by atoms with Crippen LogP contribution in [0, 0.1) is 6.92 Å². The predicted molar refractivity (Wildman–Crippen MR) is 111 cm³/mol. The molecule has 0 atom stereocenters. The van der Waals surface area contributed by atoms with E-state index >= 15 is 0 Å². The van der Waals surface area contributed by atoms with E-state index in [0.29, 0.717) is 28.6 Å². The van der Waals surface area contributed by atoms with Crippen molar-refractivity contribution >= 4 is 28.1 Å². The molecule has 6 nitrogen and oxygen atoms in total. The zero-order chi connectivity index (χ0) is 20.1. The van der Waals surface area contributed by atoms with Crippen LogP contribution < -0.4 is 14.9 Å². The summed E-state index contributed by atoms with van der Waals surface area (Å²) in [4.78, 5) is 12.3.